The van der Waals surface area contributed by atoms with Crippen molar-refractivity contribution in [2.45, 2.75) is 13.3 Å². The molecule has 0 atom stereocenters. The monoisotopic (exact) mass is 243 g/mol. The largest absolute Gasteiger partial charge is 0.469 e. The van der Waals surface area contributed by atoms with E-state index in [9.17, 15) is 4.79 Å². The predicted octanol–water partition coefficient (Wildman–Crippen LogP) is 1.52. The first-order valence-electron chi connectivity index (χ1n) is 4.96. The molecule has 1 aromatic rings. The van der Waals surface area contributed by atoms with Crippen LogP contribution in [0, 0.1) is 0 Å². The highest BCUT2D eigenvalue weighted by molar-refractivity contribution is 6.32. The minimum absolute atomic E-state index is 0.247. The normalized spacial score (nSPS) is 9.94. The first-order valence-corrected chi connectivity index (χ1v) is 5.34. The number of hydrogen-bond acceptors (Lipinski definition) is 5. The second-order valence-electron chi connectivity index (χ2n) is 3.10. The first kappa shape index (κ1) is 12.7. The molecule has 1 aromatic heterocycles. The zero-order valence-corrected chi connectivity index (χ0v) is 10.1. The van der Waals surface area contributed by atoms with Crippen LogP contribution in [0.3, 0.4) is 0 Å². The Morgan fingerprint density at radius 3 is 2.94 bits per heavy atom. The Hall–Kier alpha value is -1.36. The van der Waals surface area contributed by atoms with Crippen LogP contribution >= 0.6 is 11.6 Å². The Morgan fingerprint density at radius 1 is 1.62 bits per heavy atom. The average Bonchev–Trinajstić information content (AvgIpc) is 2.31. The fraction of sp³-hybridized carbons (Fsp3) is 0.500. The van der Waals surface area contributed by atoms with E-state index >= 15 is 0 Å². The van der Waals surface area contributed by atoms with Crippen molar-refractivity contribution in [1.29, 1.82) is 0 Å². The Labute approximate surface area is 99.4 Å². The predicted molar refractivity (Wildman–Crippen MR) is 61.6 cm³/mol. The average molecular weight is 244 g/mol. The third-order valence-corrected chi connectivity index (χ3v) is 2.41. The molecule has 0 unspecified atom stereocenters. The molecule has 0 aromatic carbocycles. The van der Waals surface area contributed by atoms with Crippen molar-refractivity contribution in [3.63, 3.8) is 0 Å². The van der Waals surface area contributed by atoms with Crippen LogP contribution in [0.2, 0.25) is 5.02 Å². The van der Waals surface area contributed by atoms with Gasteiger partial charge in [0, 0.05) is 13.1 Å². The fourth-order valence-corrected chi connectivity index (χ4v) is 1.51. The highest BCUT2D eigenvalue weighted by Crippen LogP contribution is 2.21. The Balaban J connectivity index is 2.68. The minimum Gasteiger partial charge on any atom is -0.469 e. The molecule has 1 heterocycles. The van der Waals surface area contributed by atoms with Gasteiger partial charge in [-0.05, 0) is 6.92 Å². The van der Waals surface area contributed by atoms with Gasteiger partial charge in [0.05, 0.1) is 19.7 Å². The van der Waals surface area contributed by atoms with E-state index in [1.807, 2.05) is 11.8 Å². The molecule has 5 nitrogen and oxygen atoms in total. The smallest absolute Gasteiger partial charge is 0.307 e. The second-order valence-corrected chi connectivity index (χ2v) is 3.51. The van der Waals surface area contributed by atoms with E-state index < -0.39 is 0 Å². The third-order valence-electron chi connectivity index (χ3n) is 2.14. The van der Waals surface area contributed by atoms with E-state index in [2.05, 4.69) is 14.7 Å². The lowest BCUT2D eigenvalue weighted by Crippen LogP contribution is -2.27. The van der Waals surface area contributed by atoms with Gasteiger partial charge in [0.1, 0.15) is 11.3 Å². The van der Waals surface area contributed by atoms with Gasteiger partial charge in [-0.25, -0.2) is 9.97 Å². The van der Waals surface area contributed by atoms with Gasteiger partial charge in [0.2, 0.25) is 0 Å². The van der Waals surface area contributed by atoms with Crippen LogP contribution in [0.4, 0.5) is 5.82 Å². The third kappa shape index (κ3) is 3.34. The van der Waals surface area contributed by atoms with Gasteiger partial charge in [-0.15, -0.1) is 0 Å². The highest BCUT2D eigenvalue weighted by atomic mass is 35.5. The van der Waals surface area contributed by atoms with Crippen molar-refractivity contribution >= 4 is 23.4 Å². The Bertz CT molecular complexity index is 360. The summed E-state index contributed by atoms with van der Waals surface area (Å²) >= 11 is 5.96. The number of carbonyl (C=O) groups is 1. The SMILES string of the molecule is CCN(CCC(=O)OC)c1ncncc1Cl. The Morgan fingerprint density at radius 2 is 2.38 bits per heavy atom. The summed E-state index contributed by atoms with van der Waals surface area (Å²) in [6, 6.07) is 0. The minimum atomic E-state index is -0.247. The van der Waals surface area contributed by atoms with Crippen LogP contribution in [-0.2, 0) is 9.53 Å². The summed E-state index contributed by atoms with van der Waals surface area (Å²) in [4.78, 5) is 20.8. The van der Waals surface area contributed by atoms with Gasteiger partial charge < -0.3 is 9.64 Å². The van der Waals surface area contributed by atoms with Crippen LogP contribution in [0.1, 0.15) is 13.3 Å². The lowest BCUT2D eigenvalue weighted by Gasteiger charge is -2.21. The van der Waals surface area contributed by atoms with E-state index in [-0.39, 0.29) is 5.97 Å². The molecule has 88 valence electrons. The molecule has 1 rings (SSSR count). The molecule has 0 amide bonds. The molecule has 0 aliphatic carbocycles. The van der Waals surface area contributed by atoms with Crippen molar-refractivity contribution in [3.05, 3.63) is 17.5 Å². The first-order chi connectivity index (χ1) is 7.69. The van der Waals surface area contributed by atoms with Crippen molar-refractivity contribution < 1.29 is 9.53 Å². The molecule has 0 spiro atoms. The number of rotatable bonds is 5. The fourth-order valence-electron chi connectivity index (χ4n) is 1.28. The standard InChI is InChI=1S/C10H14ClN3O2/c1-3-14(5-4-9(15)16-2)10-8(11)6-12-7-13-10/h6-7H,3-5H2,1-2H3. The number of anilines is 1. The van der Waals surface area contributed by atoms with Crippen molar-refractivity contribution in [2.75, 3.05) is 25.1 Å². The maximum atomic E-state index is 11.0. The number of aromatic nitrogens is 2. The molecule has 0 aliphatic heterocycles. The molecule has 0 bridgehead atoms. The molecule has 0 radical (unpaired) electrons. The van der Waals surface area contributed by atoms with E-state index in [1.54, 1.807) is 0 Å². The van der Waals surface area contributed by atoms with Crippen LogP contribution < -0.4 is 4.90 Å². The van der Waals surface area contributed by atoms with E-state index in [1.165, 1.54) is 19.6 Å². The molecule has 0 saturated carbocycles. The highest BCUT2D eigenvalue weighted by Gasteiger charge is 2.11. The summed E-state index contributed by atoms with van der Waals surface area (Å²) in [6.07, 6.45) is 3.28. The Kier molecular flexibility index (Phi) is 4.98. The number of esters is 1. The molecule has 0 aliphatic rings. The van der Waals surface area contributed by atoms with Crippen LogP contribution in [0.25, 0.3) is 0 Å². The molecule has 6 heteroatoms. The van der Waals surface area contributed by atoms with Crippen LogP contribution in [0.15, 0.2) is 12.5 Å². The quantitative estimate of drug-likeness (QED) is 0.734. The molecule has 0 saturated heterocycles. The van der Waals surface area contributed by atoms with Crippen LogP contribution in [0.5, 0.6) is 0 Å². The summed E-state index contributed by atoms with van der Waals surface area (Å²) in [7, 11) is 1.37. The number of halogens is 1. The summed E-state index contributed by atoms with van der Waals surface area (Å²) in [5.74, 6) is 0.395. The molecular formula is C10H14ClN3O2. The van der Waals surface area contributed by atoms with Gasteiger partial charge in [0.15, 0.2) is 5.82 Å². The van der Waals surface area contributed by atoms with Gasteiger partial charge in [0.25, 0.3) is 0 Å². The van der Waals surface area contributed by atoms with Gasteiger partial charge >= 0.3 is 5.97 Å². The lowest BCUT2D eigenvalue weighted by atomic mass is 10.3. The van der Waals surface area contributed by atoms with E-state index in [0.717, 1.165) is 0 Å². The number of hydrogen-bond donors (Lipinski definition) is 0. The van der Waals surface area contributed by atoms with Gasteiger partial charge in [-0.2, -0.15) is 0 Å². The van der Waals surface area contributed by atoms with Crippen molar-refractivity contribution in [3.8, 4) is 0 Å². The van der Waals surface area contributed by atoms with E-state index in [0.29, 0.717) is 30.4 Å². The van der Waals surface area contributed by atoms with Crippen LogP contribution in [-0.4, -0.2) is 36.1 Å². The lowest BCUT2D eigenvalue weighted by molar-refractivity contribution is -0.140. The number of methoxy groups -OCH3 is 1. The summed E-state index contributed by atoms with van der Waals surface area (Å²) < 4.78 is 4.58. The molecule has 0 fully saturated rings. The van der Waals surface area contributed by atoms with E-state index in [4.69, 9.17) is 11.6 Å². The number of carbonyl (C=O) groups excluding carboxylic acids is 1. The summed E-state index contributed by atoms with van der Waals surface area (Å²) in [5, 5.41) is 0.481. The van der Waals surface area contributed by atoms with Gasteiger partial charge in [-0.1, -0.05) is 11.6 Å². The summed E-state index contributed by atoms with van der Waals surface area (Å²) in [5.41, 5.74) is 0. The number of nitrogens with zero attached hydrogens (tertiary/aromatic N) is 3. The second kappa shape index (κ2) is 6.27. The van der Waals surface area contributed by atoms with Crippen molar-refractivity contribution in [2.24, 2.45) is 0 Å². The van der Waals surface area contributed by atoms with Gasteiger partial charge in [-0.3, -0.25) is 4.79 Å². The summed E-state index contributed by atoms with van der Waals surface area (Å²) in [6.45, 7) is 3.21. The van der Waals surface area contributed by atoms with Crippen molar-refractivity contribution in [1.82, 2.24) is 9.97 Å². The zero-order valence-electron chi connectivity index (χ0n) is 9.31. The maximum absolute atomic E-state index is 11.0. The molecular weight excluding hydrogens is 230 g/mol. The maximum Gasteiger partial charge on any atom is 0.307 e. The molecule has 16 heavy (non-hydrogen) atoms. The molecule has 0 N–H and O–H groups in total. The number of ether oxygens (including phenoxy) is 1. The topological polar surface area (TPSA) is 55.3 Å². The zero-order chi connectivity index (χ0) is 12.0.